The number of benzene rings is 1. The van der Waals surface area contributed by atoms with Crippen LogP contribution in [0.15, 0.2) is 18.2 Å². The second-order valence-electron chi connectivity index (χ2n) is 6.23. The Bertz CT molecular complexity index is 523. The summed E-state index contributed by atoms with van der Waals surface area (Å²) in [5.41, 5.74) is 0.928. The predicted molar refractivity (Wildman–Crippen MR) is 104 cm³/mol. The summed E-state index contributed by atoms with van der Waals surface area (Å²) in [6.07, 6.45) is 1.96. The Balaban J connectivity index is 0.00000264. The van der Waals surface area contributed by atoms with Gasteiger partial charge in [-0.25, -0.2) is 0 Å². The molecule has 1 aromatic rings. The van der Waals surface area contributed by atoms with Gasteiger partial charge in [0.25, 0.3) is 5.69 Å². The Labute approximate surface area is 161 Å². The quantitative estimate of drug-likeness (QED) is 0.567. The van der Waals surface area contributed by atoms with Crippen molar-refractivity contribution in [2.24, 2.45) is 5.92 Å². The molecule has 138 valence electrons. The molecule has 1 aliphatic heterocycles. The maximum absolute atomic E-state index is 11.4. The van der Waals surface area contributed by atoms with E-state index in [1.807, 2.05) is 0 Å². The van der Waals surface area contributed by atoms with Crippen LogP contribution in [-0.4, -0.2) is 36.0 Å². The van der Waals surface area contributed by atoms with E-state index < -0.39 is 0 Å². The minimum absolute atomic E-state index is 0. The van der Waals surface area contributed by atoms with E-state index in [9.17, 15) is 10.1 Å². The molecular formula is C16H26Cl3N3O2. The Morgan fingerprint density at radius 1 is 1.25 bits per heavy atom. The molecule has 0 radical (unpaired) electrons. The lowest BCUT2D eigenvalue weighted by atomic mass is 9.94. The van der Waals surface area contributed by atoms with E-state index in [4.69, 9.17) is 11.6 Å². The first-order chi connectivity index (χ1) is 10.5. The van der Waals surface area contributed by atoms with Crippen LogP contribution in [0.1, 0.15) is 38.3 Å². The SMILES string of the molecule is CC(C)CC[C@H](c1cc(Cl)ccc1[N+](=O)[O-])N1CCNCC1.Cl.Cl. The van der Waals surface area contributed by atoms with Gasteiger partial charge < -0.3 is 5.32 Å². The van der Waals surface area contributed by atoms with Crippen molar-refractivity contribution in [3.05, 3.63) is 38.9 Å². The van der Waals surface area contributed by atoms with Crippen molar-refractivity contribution in [3.8, 4) is 0 Å². The summed E-state index contributed by atoms with van der Waals surface area (Å²) >= 11 is 6.11. The average Bonchev–Trinajstić information content (AvgIpc) is 2.48. The van der Waals surface area contributed by atoms with Gasteiger partial charge in [0.2, 0.25) is 0 Å². The van der Waals surface area contributed by atoms with Crippen LogP contribution >= 0.6 is 36.4 Å². The minimum Gasteiger partial charge on any atom is -0.314 e. The number of piperazine rings is 1. The molecule has 8 heteroatoms. The van der Waals surface area contributed by atoms with Crippen molar-refractivity contribution < 1.29 is 4.92 Å². The van der Waals surface area contributed by atoms with Crippen molar-refractivity contribution in [2.45, 2.75) is 32.7 Å². The van der Waals surface area contributed by atoms with Gasteiger partial charge in [-0.05, 0) is 30.9 Å². The van der Waals surface area contributed by atoms with Gasteiger partial charge in [-0.2, -0.15) is 0 Å². The lowest BCUT2D eigenvalue weighted by Gasteiger charge is -2.35. The van der Waals surface area contributed by atoms with Crippen molar-refractivity contribution in [3.63, 3.8) is 0 Å². The zero-order valence-electron chi connectivity index (χ0n) is 14.0. The lowest BCUT2D eigenvalue weighted by molar-refractivity contribution is -0.386. The highest BCUT2D eigenvalue weighted by Gasteiger charge is 2.28. The first-order valence-corrected chi connectivity index (χ1v) is 8.25. The standard InChI is InChI=1S/C16H24ClN3O2.2ClH/c1-12(2)3-5-15(19-9-7-18-8-10-19)14-11-13(17)4-6-16(14)20(21)22;;/h4,6,11-12,15,18H,3,5,7-10H2,1-2H3;2*1H/t15-;;/m1../s1. The molecule has 1 fully saturated rings. The van der Waals surface area contributed by atoms with E-state index in [2.05, 4.69) is 24.1 Å². The normalized spacial score (nSPS) is 16.2. The number of nitrogens with one attached hydrogen (secondary N) is 1. The van der Waals surface area contributed by atoms with Crippen LogP contribution in [-0.2, 0) is 0 Å². The Hall–Kier alpha value is -0.590. The molecule has 5 nitrogen and oxygen atoms in total. The smallest absolute Gasteiger partial charge is 0.274 e. The molecule has 1 aromatic carbocycles. The van der Waals surface area contributed by atoms with Crippen molar-refractivity contribution >= 4 is 42.1 Å². The highest BCUT2D eigenvalue weighted by atomic mass is 35.5. The summed E-state index contributed by atoms with van der Waals surface area (Å²) in [4.78, 5) is 13.4. The third-order valence-corrected chi connectivity index (χ3v) is 4.39. The predicted octanol–water partition coefficient (Wildman–Crippen LogP) is 4.47. The first kappa shape index (κ1) is 23.4. The van der Waals surface area contributed by atoms with Gasteiger partial charge in [0, 0.05) is 48.9 Å². The zero-order chi connectivity index (χ0) is 16.1. The summed E-state index contributed by atoms with van der Waals surface area (Å²) in [5, 5.41) is 15.3. The third-order valence-electron chi connectivity index (χ3n) is 4.16. The fraction of sp³-hybridized carbons (Fsp3) is 0.625. The zero-order valence-corrected chi connectivity index (χ0v) is 16.4. The molecule has 0 unspecified atom stereocenters. The molecule has 2 rings (SSSR count). The van der Waals surface area contributed by atoms with Gasteiger partial charge in [0.1, 0.15) is 0 Å². The summed E-state index contributed by atoms with van der Waals surface area (Å²) in [6, 6.07) is 4.96. The monoisotopic (exact) mass is 397 g/mol. The van der Waals surface area contributed by atoms with E-state index in [1.165, 1.54) is 6.07 Å². The van der Waals surface area contributed by atoms with Gasteiger partial charge in [-0.1, -0.05) is 25.4 Å². The summed E-state index contributed by atoms with van der Waals surface area (Å²) < 4.78 is 0. The molecule has 1 heterocycles. The average molecular weight is 399 g/mol. The fourth-order valence-corrected chi connectivity index (χ4v) is 3.16. The van der Waals surface area contributed by atoms with Crippen LogP contribution in [0.25, 0.3) is 0 Å². The topological polar surface area (TPSA) is 58.4 Å². The molecule has 0 amide bonds. The van der Waals surface area contributed by atoms with Crippen LogP contribution in [0, 0.1) is 16.0 Å². The number of rotatable bonds is 6. The molecule has 0 aliphatic carbocycles. The van der Waals surface area contributed by atoms with Crippen LogP contribution in [0.5, 0.6) is 0 Å². The number of nitro benzene ring substituents is 1. The van der Waals surface area contributed by atoms with Crippen molar-refractivity contribution in [2.75, 3.05) is 26.2 Å². The minimum atomic E-state index is -0.295. The first-order valence-electron chi connectivity index (χ1n) is 7.87. The lowest BCUT2D eigenvalue weighted by Crippen LogP contribution is -2.45. The van der Waals surface area contributed by atoms with Gasteiger partial charge in [-0.15, -0.1) is 24.8 Å². The number of nitrogens with zero attached hydrogens (tertiary/aromatic N) is 2. The molecule has 1 N–H and O–H groups in total. The number of nitro groups is 1. The van der Waals surface area contributed by atoms with Crippen LogP contribution in [0.4, 0.5) is 5.69 Å². The molecular weight excluding hydrogens is 373 g/mol. The summed E-state index contributed by atoms with van der Waals surface area (Å²) in [7, 11) is 0. The third kappa shape index (κ3) is 6.37. The molecule has 1 aliphatic rings. The second kappa shape index (κ2) is 11.1. The maximum Gasteiger partial charge on any atom is 0.274 e. The number of hydrogen-bond donors (Lipinski definition) is 1. The van der Waals surface area contributed by atoms with Crippen LogP contribution in [0.3, 0.4) is 0 Å². The number of halogens is 3. The van der Waals surface area contributed by atoms with E-state index in [0.29, 0.717) is 10.9 Å². The molecule has 1 atom stereocenters. The molecule has 0 bridgehead atoms. The Morgan fingerprint density at radius 3 is 2.42 bits per heavy atom. The van der Waals surface area contributed by atoms with Gasteiger partial charge in [-0.3, -0.25) is 15.0 Å². The van der Waals surface area contributed by atoms with E-state index in [-0.39, 0.29) is 41.5 Å². The highest BCUT2D eigenvalue weighted by Crippen LogP contribution is 2.35. The van der Waals surface area contributed by atoms with E-state index in [1.54, 1.807) is 12.1 Å². The molecule has 0 aromatic heterocycles. The largest absolute Gasteiger partial charge is 0.314 e. The van der Waals surface area contributed by atoms with Crippen LogP contribution < -0.4 is 5.32 Å². The van der Waals surface area contributed by atoms with Crippen LogP contribution in [0.2, 0.25) is 5.02 Å². The highest BCUT2D eigenvalue weighted by molar-refractivity contribution is 6.30. The van der Waals surface area contributed by atoms with Crippen molar-refractivity contribution in [1.82, 2.24) is 10.2 Å². The van der Waals surface area contributed by atoms with Gasteiger partial charge in [0.15, 0.2) is 0 Å². The Kier molecular flexibility index (Phi) is 10.8. The molecule has 24 heavy (non-hydrogen) atoms. The van der Waals surface area contributed by atoms with Crippen molar-refractivity contribution in [1.29, 1.82) is 0 Å². The molecule has 0 saturated carbocycles. The van der Waals surface area contributed by atoms with Gasteiger partial charge >= 0.3 is 0 Å². The van der Waals surface area contributed by atoms with Gasteiger partial charge in [0.05, 0.1) is 4.92 Å². The Morgan fingerprint density at radius 2 is 1.88 bits per heavy atom. The van der Waals surface area contributed by atoms with E-state index >= 15 is 0 Å². The second-order valence-corrected chi connectivity index (χ2v) is 6.67. The molecule has 0 spiro atoms. The summed E-state index contributed by atoms with van der Waals surface area (Å²) in [5.74, 6) is 0.573. The fourth-order valence-electron chi connectivity index (χ4n) is 2.98. The molecule has 1 saturated heterocycles. The number of hydrogen-bond acceptors (Lipinski definition) is 4. The van der Waals surface area contributed by atoms with E-state index in [0.717, 1.165) is 44.6 Å². The maximum atomic E-state index is 11.4. The summed E-state index contributed by atoms with van der Waals surface area (Å²) in [6.45, 7) is 8.03.